The van der Waals surface area contributed by atoms with Crippen molar-refractivity contribution in [3.63, 3.8) is 0 Å². The molecule has 0 N–H and O–H groups in total. The minimum Gasteiger partial charge on any atom is -0.309 e. The van der Waals surface area contributed by atoms with Crippen molar-refractivity contribution < 1.29 is 0 Å². The fraction of sp³-hybridized carbons (Fsp3) is 0.0294. The molecule has 0 saturated carbocycles. The van der Waals surface area contributed by atoms with Gasteiger partial charge in [0.15, 0.2) is 5.84 Å². The Bertz CT molecular complexity index is 4760. The normalized spacial score (nSPS) is 16.2. The zero-order valence-electron chi connectivity index (χ0n) is 39.6. The maximum atomic E-state index is 5.91. The van der Waals surface area contributed by atoms with E-state index in [1.165, 1.54) is 102 Å². The van der Waals surface area contributed by atoms with Crippen LogP contribution in [-0.4, -0.2) is 20.7 Å². The van der Waals surface area contributed by atoms with Crippen molar-refractivity contribution in [2.75, 3.05) is 0 Å². The average molecular weight is 947 g/mol. The van der Waals surface area contributed by atoms with Gasteiger partial charge in [-0.05, 0) is 123 Å². The molecule has 4 nitrogen and oxygen atoms in total. The highest BCUT2D eigenvalue weighted by atomic mass is 32.1. The second-order valence-electron chi connectivity index (χ2n) is 19.6. The molecule has 11 aromatic carbocycles. The van der Waals surface area contributed by atoms with Crippen LogP contribution in [0.4, 0.5) is 0 Å². The zero-order chi connectivity index (χ0) is 47.7. The van der Waals surface area contributed by atoms with E-state index in [-0.39, 0.29) is 0 Å². The Labute approximate surface area is 424 Å². The van der Waals surface area contributed by atoms with Crippen molar-refractivity contribution in [2.24, 2.45) is 9.98 Å². The van der Waals surface area contributed by atoms with Crippen molar-refractivity contribution in [2.45, 2.75) is 12.8 Å². The van der Waals surface area contributed by atoms with E-state index in [2.05, 4.69) is 240 Å². The molecule has 4 bridgehead atoms. The van der Waals surface area contributed by atoms with Gasteiger partial charge in [0.05, 0.1) is 39.2 Å². The van der Waals surface area contributed by atoms with Gasteiger partial charge in [0.2, 0.25) is 0 Å². The lowest BCUT2D eigenvalue weighted by Crippen LogP contribution is -2.14. The monoisotopic (exact) mass is 946 g/mol. The Hall–Kier alpha value is -9.16. The molecule has 3 aromatic heterocycles. The second-order valence-corrected chi connectivity index (χ2v) is 20.7. The molecule has 0 radical (unpaired) electrons. The number of thiophene rings is 1. The summed E-state index contributed by atoms with van der Waals surface area (Å²) in [7, 11) is 0. The molecule has 16 rings (SSSR count). The SMILES string of the molecule is c1ccc(-c2ccc(C3=C4/CC\C(=N/C(c5ccc6c(c5)c5ccccc5n6-c5ccccc5)=N\3)c3cc5sc6c7ccccc7ccc6c5cc3-n3c5cc4ccc5c4cc5ccccc5cc43)cc2)cc1. The number of para-hydroxylation sites is 2. The third-order valence-electron chi connectivity index (χ3n) is 15.6. The van der Waals surface area contributed by atoms with Gasteiger partial charge in [-0.25, -0.2) is 9.98 Å². The van der Waals surface area contributed by atoms with Gasteiger partial charge < -0.3 is 9.13 Å². The number of nitrogens with zero attached hydrogens (tertiary/aromatic N) is 4. The maximum Gasteiger partial charge on any atom is 0.160 e. The Kier molecular flexibility index (Phi) is 8.71. The lowest BCUT2D eigenvalue weighted by Gasteiger charge is -2.23. The molecule has 340 valence electrons. The van der Waals surface area contributed by atoms with Crippen molar-refractivity contribution in [1.29, 1.82) is 0 Å². The first-order valence-corrected chi connectivity index (χ1v) is 26.0. The number of hydrogen-bond acceptors (Lipinski definition) is 3. The molecule has 14 aromatic rings. The summed E-state index contributed by atoms with van der Waals surface area (Å²) < 4.78 is 7.49. The van der Waals surface area contributed by atoms with Gasteiger partial charge in [0.1, 0.15) is 0 Å². The fourth-order valence-electron chi connectivity index (χ4n) is 12.1. The second kappa shape index (κ2) is 15.7. The van der Waals surface area contributed by atoms with Gasteiger partial charge in [0, 0.05) is 64.1 Å². The molecule has 0 aliphatic carbocycles. The van der Waals surface area contributed by atoms with E-state index in [4.69, 9.17) is 9.98 Å². The van der Waals surface area contributed by atoms with E-state index in [9.17, 15) is 0 Å². The first-order valence-electron chi connectivity index (χ1n) is 25.2. The van der Waals surface area contributed by atoms with Crippen LogP contribution < -0.4 is 0 Å². The van der Waals surface area contributed by atoms with E-state index in [1.54, 1.807) is 0 Å². The van der Waals surface area contributed by atoms with Crippen LogP contribution >= 0.6 is 11.3 Å². The number of aromatic nitrogens is 2. The predicted octanol–water partition coefficient (Wildman–Crippen LogP) is 18.1. The molecule has 0 unspecified atom stereocenters. The summed E-state index contributed by atoms with van der Waals surface area (Å²) in [5.41, 5.74) is 16.8. The zero-order valence-corrected chi connectivity index (χ0v) is 40.4. The minimum atomic E-state index is 0.700. The minimum absolute atomic E-state index is 0.700. The molecular formula is C68H42N4S. The van der Waals surface area contributed by atoms with Gasteiger partial charge in [-0.15, -0.1) is 11.3 Å². The highest BCUT2D eigenvalue weighted by molar-refractivity contribution is 7.26. The third-order valence-corrected chi connectivity index (χ3v) is 16.8. The summed E-state index contributed by atoms with van der Waals surface area (Å²) in [5, 5.41) is 12.4. The van der Waals surface area contributed by atoms with Crippen molar-refractivity contribution >= 4 is 119 Å². The number of hydrogen-bond donors (Lipinski definition) is 0. The lowest BCUT2D eigenvalue weighted by molar-refractivity contribution is 1.09. The lowest BCUT2D eigenvalue weighted by atomic mass is 9.90. The number of allylic oxidation sites excluding steroid dienone is 1. The van der Waals surface area contributed by atoms with Crippen LogP contribution in [-0.2, 0) is 0 Å². The number of aliphatic imine (C=N–C) groups is 2. The predicted molar refractivity (Wildman–Crippen MR) is 310 cm³/mol. The van der Waals surface area contributed by atoms with Crippen LogP contribution in [0.3, 0.4) is 0 Å². The van der Waals surface area contributed by atoms with Crippen LogP contribution in [0.1, 0.15) is 35.1 Å². The number of rotatable bonds is 4. The highest BCUT2D eigenvalue weighted by Gasteiger charge is 2.27. The van der Waals surface area contributed by atoms with Gasteiger partial charge in [0.25, 0.3) is 0 Å². The Morgan fingerprint density at radius 1 is 0.356 bits per heavy atom. The van der Waals surface area contributed by atoms with Crippen LogP contribution in [0.2, 0.25) is 0 Å². The van der Waals surface area contributed by atoms with E-state index in [0.717, 1.165) is 57.8 Å². The quantitative estimate of drug-likeness (QED) is 0.169. The molecule has 0 amide bonds. The summed E-state index contributed by atoms with van der Waals surface area (Å²) in [5.74, 6) is 0.700. The van der Waals surface area contributed by atoms with Crippen LogP contribution in [0.15, 0.2) is 241 Å². The van der Waals surface area contributed by atoms with E-state index in [1.807, 2.05) is 11.3 Å². The molecule has 2 aliphatic heterocycles. The van der Waals surface area contributed by atoms with Crippen molar-refractivity contribution in [1.82, 2.24) is 9.13 Å². The van der Waals surface area contributed by atoms with E-state index >= 15 is 0 Å². The van der Waals surface area contributed by atoms with Crippen LogP contribution in [0, 0.1) is 0 Å². The van der Waals surface area contributed by atoms with E-state index < -0.39 is 0 Å². The largest absolute Gasteiger partial charge is 0.309 e. The number of fused-ring (bicyclic) bond motifs is 20. The summed E-state index contributed by atoms with van der Waals surface area (Å²) in [6.07, 6.45) is 1.48. The molecule has 0 fully saturated rings. The molecule has 0 saturated heterocycles. The molecule has 73 heavy (non-hydrogen) atoms. The fourth-order valence-corrected chi connectivity index (χ4v) is 13.4. The van der Waals surface area contributed by atoms with Crippen LogP contribution in [0.5, 0.6) is 0 Å². The average Bonchev–Trinajstić information content (AvgIpc) is 4.11. The van der Waals surface area contributed by atoms with Gasteiger partial charge >= 0.3 is 0 Å². The number of benzene rings is 11. The first-order chi connectivity index (χ1) is 36.2. The summed E-state index contributed by atoms with van der Waals surface area (Å²) in [6.45, 7) is 0. The first kappa shape index (κ1) is 40.6. The van der Waals surface area contributed by atoms with Gasteiger partial charge in [-0.3, -0.25) is 0 Å². The number of amidine groups is 1. The topological polar surface area (TPSA) is 34.6 Å². The van der Waals surface area contributed by atoms with Gasteiger partial charge in [-0.1, -0.05) is 164 Å². The molecular weight excluding hydrogens is 905 g/mol. The Balaban J connectivity index is 1.02. The summed E-state index contributed by atoms with van der Waals surface area (Å²) >= 11 is 1.89. The molecule has 0 atom stereocenters. The van der Waals surface area contributed by atoms with Crippen molar-refractivity contribution in [3.05, 3.63) is 253 Å². The Morgan fingerprint density at radius 2 is 0.986 bits per heavy atom. The van der Waals surface area contributed by atoms with Crippen molar-refractivity contribution in [3.8, 4) is 22.5 Å². The molecule has 0 spiro atoms. The molecule has 2 aliphatic rings. The van der Waals surface area contributed by atoms with E-state index in [0.29, 0.717) is 5.84 Å². The third kappa shape index (κ3) is 6.19. The Morgan fingerprint density at radius 3 is 1.84 bits per heavy atom. The summed E-state index contributed by atoms with van der Waals surface area (Å²) in [6, 6.07) is 84.9. The maximum absolute atomic E-state index is 5.91. The molecule has 5 heteroatoms. The highest BCUT2D eigenvalue weighted by Crippen LogP contribution is 2.46. The standard InChI is InChI=1S/C68H42N4S/c1-3-13-41(14-4-1)42-23-25-44(26-24-42)66-50-32-33-59(69-68(70-66)48-29-34-61-55(36-48)52-21-11-12-22-60(52)71(61)49-18-5-2-6-19-49)58-40-65-57(54-31-27-43-15-9-10-20-51(43)67(54)73-65)39-64(58)72-62-38-47(50)28-30-53(62)56-35-45-16-7-8-17-46(45)37-63(56)72/h1-31,34-40H,32-33H2/b66-50+,69-59+,70-68-. The van der Waals surface area contributed by atoms with Crippen LogP contribution in [0.25, 0.3) is 119 Å². The molecule has 5 heterocycles. The summed E-state index contributed by atoms with van der Waals surface area (Å²) in [4.78, 5) is 11.8. The van der Waals surface area contributed by atoms with Gasteiger partial charge in [-0.2, -0.15) is 0 Å². The smallest absolute Gasteiger partial charge is 0.160 e.